The number of rotatable bonds is 6. The quantitative estimate of drug-likeness (QED) is 0.708. The lowest BCUT2D eigenvalue weighted by molar-refractivity contribution is -0.120. The van der Waals surface area contributed by atoms with E-state index < -0.39 is 0 Å². The SMILES string of the molecule is CCNC(=O)CCNCC1CCC2(CCCC2)O1. The van der Waals surface area contributed by atoms with Crippen LogP contribution in [0.2, 0.25) is 0 Å². The lowest BCUT2D eigenvalue weighted by Crippen LogP contribution is -2.33. The monoisotopic (exact) mass is 254 g/mol. The number of amides is 1. The molecule has 1 aliphatic heterocycles. The topological polar surface area (TPSA) is 50.4 Å². The van der Waals surface area contributed by atoms with Gasteiger partial charge in [0, 0.05) is 26.1 Å². The van der Waals surface area contributed by atoms with Crippen molar-refractivity contribution in [1.82, 2.24) is 10.6 Å². The highest BCUT2D eigenvalue weighted by atomic mass is 16.5. The molecule has 0 bridgehead atoms. The Balaban J connectivity index is 1.57. The molecule has 1 unspecified atom stereocenters. The van der Waals surface area contributed by atoms with Crippen molar-refractivity contribution >= 4 is 5.91 Å². The van der Waals surface area contributed by atoms with Crippen molar-refractivity contribution in [3.05, 3.63) is 0 Å². The molecule has 1 atom stereocenters. The van der Waals surface area contributed by atoms with Crippen LogP contribution < -0.4 is 10.6 Å². The maximum Gasteiger partial charge on any atom is 0.221 e. The van der Waals surface area contributed by atoms with Crippen molar-refractivity contribution in [2.24, 2.45) is 0 Å². The fraction of sp³-hybridized carbons (Fsp3) is 0.929. The summed E-state index contributed by atoms with van der Waals surface area (Å²) < 4.78 is 6.20. The van der Waals surface area contributed by atoms with Crippen LogP contribution in [0.25, 0.3) is 0 Å². The summed E-state index contributed by atoms with van der Waals surface area (Å²) in [7, 11) is 0. The Morgan fingerprint density at radius 2 is 2.11 bits per heavy atom. The van der Waals surface area contributed by atoms with Crippen LogP contribution in [0.3, 0.4) is 0 Å². The second-order valence-electron chi connectivity index (χ2n) is 5.58. The second-order valence-corrected chi connectivity index (χ2v) is 5.58. The first-order valence-electron chi connectivity index (χ1n) is 7.39. The fourth-order valence-electron chi connectivity index (χ4n) is 3.18. The van der Waals surface area contributed by atoms with Crippen LogP contribution in [-0.4, -0.2) is 37.2 Å². The van der Waals surface area contributed by atoms with Gasteiger partial charge in [-0.2, -0.15) is 0 Å². The van der Waals surface area contributed by atoms with Crippen molar-refractivity contribution < 1.29 is 9.53 Å². The molecule has 2 aliphatic rings. The molecule has 1 saturated carbocycles. The van der Waals surface area contributed by atoms with E-state index >= 15 is 0 Å². The maximum atomic E-state index is 11.3. The van der Waals surface area contributed by atoms with Crippen molar-refractivity contribution in [3.63, 3.8) is 0 Å². The predicted molar refractivity (Wildman–Crippen MR) is 71.5 cm³/mol. The van der Waals surface area contributed by atoms with Gasteiger partial charge < -0.3 is 15.4 Å². The Kier molecular flexibility index (Phi) is 5.01. The molecule has 1 saturated heterocycles. The largest absolute Gasteiger partial charge is 0.370 e. The molecule has 0 aromatic heterocycles. The third kappa shape index (κ3) is 3.69. The number of hydrogen-bond acceptors (Lipinski definition) is 3. The first kappa shape index (κ1) is 13.8. The zero-order chi connectivity index (χ0) is 12.8. The maximum absolute atomic E-state index is 11.3. The molecule has 104 valence electrons. The van der Waals surface area contributed by atoms with E-state index in [-0.39, 0.29) is 11.5 Å². The lowest BCUT2D eigenvalue weighted by atomic mass is 9.98. The Morgan fingerprint density at radius 3 is 2.83 bits per heavy atom. The Hall–Kier alpha value is -0.610. The molecule has 1 aliphatic carbocycles. The molecule has 1 amide bonds. The van der Waals surface area contributed by atoms with Crippen molar-refractivity contribution in [1.29, 1.82) is 0 Å². The van der Waals surface area contributed by atoms with Crippen LogP contribution in [0, 0.1) is 0 Å². The van der Waals surface area contributed by atoms with Crippen molar-refractivity contribution in [2.75, 3.05) is 19.6 Å². The fourth-order valence-corrected chi connectivity index (χ4v) is 3.18. The highest BCUT2D eigenvalue weighted by molar-refractivity contribution is 5.75. The van der Waals surface area contributed by atoms with E-state index in [0.717, 1.165) is 13.1 Å². The summed E-state index contributed by atoms with van der Waals surface area (Å²) in [5, 5.41) is 6.14. The van der Waals surface area contributed by atoms with E-state index in [1.165, 1.54) is 38.5 Å². The molecule has 1 spiro atoms. The van der Waals surface area contributed by atoms with Gasteiger partial charge in [-0.05, 0) is 32.6 Å². The Morgan fingerprint density at radius 1 is 1.33 bits per heavy atom. The summed E-state index contributed by atoms with van der Waals surface area (Å²) in [6.07, 6.45) is 8.49. The third-order valence-electron chi connectivity index (χ3n) is 4.13. The molecule has 4 nitrogen and oxygen atoms in total. The number of hydrogen-bond donors (Lipinski definition) is 2. The minimum absolute atomic E-state index is 0.129. The van der Waals surface area contributed by atoms with Gasteiger partial charge in [-0.1, -0.05) is 12.8 Å². The number of nitrogens with one attached hydrogen (secondary N) is 2. The van der Waals surface area contributed by atoms with Crippen molar-refractivity contribution in [3.8, 4) is 0 Å². The van der Waals surface area contributed by atoms with Gasteiger partial charge in [0.05, 0.1) is 11.7 Å². The van der Waals surface area contributed by atoms with Gasteiger partial charge in [0.2, 0.25) is 5.91 Å². The van der Waals surface area contributed by atoms with E-state index in [4.69, 9.17) is 4.74 Å². The highest BCUT2D eigenvalue weighted by Crippen LogP contribution is 2.43. The number of ether oxygens (including phenoxy) is 1. The van der Waals surface area contributed by atoms with Gasteiger partial charge in [0.15, 0.2) is 0 Å². The van der Waals surface area contributed by atoms with Crippen molar-refractivity contribution in [2.45, 2.75) is 63.6 Å². The second kappa shape index (κ2) is 6.53. The van der Waals surface area contributed by atoms with Gasteiger partial charge in [-0.25, -0.2) is 0 Å². The van der Waals surface area contributed by atoms with Crippen LogP contribution in [0.5, 0.6) is 0 Å². The van der Waals surface area contributed by atoms with E-state index in [1.54, 1.807) is 0 Å². The predicted octanol–water partition coefficient (Wildman–Crippen LogP) is 1.59. The molecule has 2 N–H and O–H groups in total. The average Bonchev–Trinajstić information content (AvgIpc) is 2.97. The van der Waals surface area contributed by atoms with E-state index in [0.29, 0.717) is 19.1 Å². The summed E-state index contributed by atoms with van der Waals surface area (Å²) in [5.41, 5.74) is 0.228. The molecule has 0 radical (unpaired) electrons. The summed E-state index contributed by atoms with van der Waals surface area (Å²) in [5.74, 6) is 0.129. The van der Waals surface area contributed by atoms with Crippen LogP contribution in [0.1, 0.15) is 51.9 Å². The minimum atomic E-state index is 0.129. The first-order valence-corrected chi connectivity index (χ1v) is 7.39. The van der Waals surface area contributed by atoms with Gasteiger partial charge in [-0.3, -0.25) is 4.79 Å². The van der Waals surface area contributed by atoms with Gasteiger partial charge in [-0.15, -0.1) is 0 Å². The molecular weight excluding hydrogens is 228 g/mol. The molecule has 2 rings (SSSR count). The Labute approximate surface area is 110 Å². The molecule has 18 heavy (non-hydrogen) atoms. The lowest BCUT2D eigenvalue weighted by Gasteiger charge is -2.23. The highest BCUT2D eigenvalue weighted by Gasteiger charge is 2.41. The molecule has 4 heteroatoms. The summed E-state index contributed by atoms with van der Waals surface area (Å²) >= 11 is 0. The Bertz CT molecular complexity index is 275. The summed E-state index contributed by atoms with van der Waals surface area (Å²) in [6, 6.07) is 0. The minimum Gasteiger partial charge on any atom is -0.370 e. The van der Waals surface area contributed by atoms with E-state index in [1.807, 2.05) is 6.92 Å². The van der Waals surface area contributed by atoms with E-state index in [2.05, 4.69) is 10.6 Å². The van der Waals surface area contributed by atoms with Gasteiger partial charge in [0.25, 0.3) is 0 Å². The number of carbonyl (C=O) groups excluding carboxylic acids is 1. The number of carbonyl (C=O) groups is 1. The molecule has 0 aromatic rings. The van der Waals surface area contributed by atoms with Crippen LogP contribution >= 0.6 is 0 Å². The first-order chi connectivity index (χ1) is 8.74. The molecular formula is C14H26N2O2. The molecule has 0 aromatic carbocycles. The molecule has 2 fully saturated rings. The average molecular weight is 254 g/mol. The van der Waals surface area contributed by atoms with Gasteiger partial charge >= 0.3 is 0 Å². The molecule has 1 heterocycles. The normalized spacial score (nSPS) is 25.7. The standard InChI is InChI=1S/C14H26N2O2/c1-2-16-13(17)6-10-15-11-12-5-9-14(18-12)7-3-4-8-14/h12,15H,2-11H2,1H3,(H,16,17). The zero-order valence-corrected chi connectivity index (χ0v) is 11.5. The van der Waals surface area contributed by atoms with Crippen LogP contribution in [-0.2, 0) is 9.53 Å². The van der Waals surface area contributed by atoms with E-state index in [9.17, 15) is 4.79 Å². The zero-order valence-electron chi connectivity index (χ0n) is 11.5. The third-order valence-corrected chi connectivity index (χ3v) is 4.13. The smallest absolute Gasteiger partial charge is 0.221 e. The summed E-state index contributed by atoms with van der Waals surface area (Å²) in [4.78, 5) is 11.3. The van der Waals surface area contributed by atoms with Gasteiger partial charge in [0.1, 0.15) is 0 Å². The van der Waals surface area contributed by atoms with Crippen LogP contribution in [0.4, 0.5) is 0 Å². The summed E-state index contributed by atoms with van der Waals surface area (Å²) in [6.45, 7) is 4.30. The van der Waals surface area contributed by atoms with Crippen LogP contribution in [0.15, 0.2) is 0 Å².